The number of para-hydroxylation sites is 1. The van der Waals surface area contributed by atoms with Crippen molar-refractivity contribution in [1.82, 2.24) is 0 Å². The van der Waals surface area contributed by atoms with Crippen LogP contribution in [0.25, 0.3) is 21.9 Å². The first-order valence-corrected chi connectivity index (χ1v) is 8.48. The topological polar surface area (TPSA) is 13.1 Å². The number of furan rings is 1. The highest BCUT2D eigenvalue weighted by Crippen LogP contribution is 2.36. The first-order valence-electron chi connectivity index (χ1n) is 8.48. The number of fused-ring (bicyclic) bond motifs is 3. The van der Waals surface area contributed by atoms with Crippen LogP contribution in [-0.2, 0) is 6.42 Å². The molecule has 1 nitrogen and oxygen atoms in total. The smallest absolute Gasteiger partial charge is 0.138 e. The van der Waals surface area contributed by atoms with Gasteiger partial charge in [0, 0.05) is 10.8 Å². The van der Waals surface area contributed by atoms with Gasteiger partial charge in [0.1, 0.15) is 11.2 Å². The maximum atomic E-state index is 6.09. The second-order valence-electron chi connectivity index (χ2n) is 6.26. The molecule has 3 rings (SSSR count). The average molecular weight is 296 g/mol. The summed E-state index contributed by atoms with van der Waals surface area (Å²) in [5.41, 5.74) is 6.26. The van der Waals surface area contributed by atoms with Crippen LogP contribution in [0.15, 0.2) is 34.7 Å². The minimum Gasteiger partial charge on any atom is -0.456 e. The molecule has 0 amide bonds. The molecule has 0 aliphatic carbocycles. The Hall–Kier alpha value is -1.76. The Labute approximate surface area is 134 Å². The molecule has 3 aromatic rings. The highest BCUT2D eigenvalue weighted by atomic mass is 16.3. The Balaban J connectivity index is 0.000000545. The van der Waals surface area contributed by atoms with Crippen molar-refractivity contribution >= 4 is 21.9 Å². The lowest BCUT2D eigenvalue weighted by atomic mass is 9.91. The van der Waals surface area contributed by atoms with Gasteiger partial charge in [-0.1, -0.05) is 59.2 Å². The summed E-state index contributed by atoms with van der Waals surface area (Å²) in [6.45, 7) is 13.2. The predicted octanol–water partition coefficient (Wildman–Crippen LogP) is 7.00. The first kappa shape index (κ1) is 16.6. The lowest BCUT2D eigenvalue weighted by Gasteiger charge is -2.14. The predicted molar refractivity (Wildman–Crippen MR) is 97.9 cm³/mol. The van der Waals surface area contributed by atoms with Crippen LogP contribution >= 0.6 is 0 Å². The number of aryl methyl sites for hydroxylation is 1. The number of hydrogen-bond acceptors (Lipinski definition) is 1. The van der Waals surface area contributed by atoms with E-state index in [1.165, 1.54) is 33.9 Å². The van der Waals surface area contributed by atoms with Gasteiger partial charge in [-0.25, -0.2) is 0 Å². The van der Waals surface area contributed by atoms with Crippen molar-refractivity contribution in [2.45, 2.75) is 60.3 Å². The highest BCUT2D eigenvalue weighted by molar-refractivity contribution is 6.06. The van der Waals surface area contributed by atoms with Gasteiger partial charge in [0.15, 0.2) is 0 Å². The third kappa shape index (κ3) is 2.90. The molecule has 118 valence electrons. The van der Waals surface area contributed by atoms with Crippen molar-refractivity contribution < 1.29 is 4.42 Å². The summed E-state index contributed by atoms with van der Waals surface area (Å²) in [6, 6.07) is 10.6. The average Bonchev–Trinajstić information content (AvgIpc) is 2.85. The Morgan fingerprint density at radius 3 is 2.23 bits per heavy atom. The van der Waals surface area contributed by atoms with Crippen molar-refractivity contribution in [3.05, 3.63) is 47.0 Å². The van der Waals surface area contributed by atoms with E-state index in [1.807, 2.05) is 6.07 Å². The van der Waals surface area contributed by atoms with Crippen LogP contribution in [0.2, 0.25) is 0 Å². The second-order valence-corrected chi connectivity index (χ2v) is 6.26. The van der Waals surface area contributed by atoms with Gasteiger partial charge in [0.25, 0.3) is 0 Å². The molecule has 0 saturated heterocycles. The van der Waals surface area contributed by atoms with Gasteiger partial charge >= 0.3 is 0 Å². The highest BCUT2D eigenvalue weighted by Gasteiger charge is 2.16. The molecule has 0 radical (unpaired) electrons. The van der Waals surface area contributed by atoms with E-state index in [0.717, 1.165) is 17.6 Å². The van der Waals surface area contributed by atoms with Gasteiger partial charge in [-0.15, -0.1) is 0 Å². The molecule has 0 bridgehead atoms. The van der Waals surface area contributed by atoms with E-state index in [0.29, 0.717) is 5.92 Å². The summed E-state index contributed by atoms with van der Waals surface area (Å²) in [5.74, 6) is 0.545. The molecule has 0 N–H and O–H groups in total. The van der Waals surface area contributed by atoms with Gasteiger partial charge in [-0.05, 0) is 48.1 Å². The van der Waals surface area contributed by atoms with Crippen molar-refractivity contribution in [3.8, 4) is 0 Å². The SMILES string of the molecule is CCC.CCc1c(C)c(C(C)C)cc2c1oc1ccccc12. The molecule has 0 saturated carbocycles. The number of hydrogen-bond donors (Lipinski definition) is 0. The van der Waals surface area contributed by atoms with Gasteiger partial charge < -0.3 is 4.42 Å². The van der Waals surface area contributed by atoms with Crippen LogP contribution in [0, 0.1) is 6.92 Å². The van der Waals surface area contributed by atoms with Crippen molar-refractivity contribution in [1.29, 1.82) is 0 Å². The fourth-order valence-electron chi connectivity index (χ4n) is 3.07. The van der Waals surface area contributed by atoms with E-state index in [1.54, 1.807) is 0 Å². The van der Waals surface area contributed by atoms with Crippen molar-refractivity contribution in [2.24, 2.45) is 0 Å². The van der Waals surface area contributed by atoms with Gasteiger partial charge in [-0.2, -0.15) is 0 Å². The van der Waals surface area contributed by atoms with Crippen LogP contribution < -0.4 is 0 Å². The van der Waals surface area contributed by atoms with Crippen LogP contribution in [0.5, 0.6) is 0 Å². The van der Waals surface area contributed by atoms with Gasteiger partial charge in [0.2, 0.25) is 0 Å². The summed E-state index contributed by atoms with van der Waals surface area (Å²) in [6.07, 6.45) is 2.27. The summed E-state index contributed by atoms with van der Waals surface area (Å²) >= 11 is 0. The minimum atomic E-state index is 0.545. The molecular formula is C21H28O. The molecule has 0 aliphatic heterocycles. The maximum Gasteiger partial charge on any atom is 0.138 e. The molecular weight excluding hydrogens is 268 g/mol. The lowest BCUT2D eigenvalue weighted by Crippen LogP contribution is -1.97. The molecule has 0 atom stereocenters. The van der Waals surface area contributed by atoms with Crippen LogP contribution in [0.3, 0.4) is 0 Å². The zero-order chi connectivity index (χ0) is 16.3. The molecule has 1 aromatic heterocycles. The summed E-state index contributed by atoms with van der Waals surface area (Å²) in [5, 5.41) is 2.50. The largest absolute Gasteiger partial charge is 0.456 e. The lowest BCUT2D eigenvalue weighted by molar-refractivity contribution is 0.662. The number of rotatable bonds is 2. The van der Waals surface area contributed by atoms with Crippen LogP contribution in [0.4, 0.5) is 0 Å². The zero-order valence-electron chi connectivity index (χ0n) is 14.8. The summed E-state index contributed by atoms with van der Waals surface area (Å²) in [4.78, 5) is 0. The zero-order valence-corrected chi connectivity index (χ0v) is 14.8. The third-order valence-electron chi connectivity index (χ3n) is 4.07. The second kappa shape index (κ2) is 7.00. The minimum absolute atomic E-state index is 0.545. The van der Waals surface area contributed by atoms with E-state index in [4.69, 9.17) is 4.42 Å². The maximum absolute atomic E-state index is 6.09. The van der Waals surface area contributed by atoms with Crippen LogP contribution in [-0.4, -0.2) is 0 Å². The molecule has 2 aromatic carbocycles. The fraction of sp³-hybridized carbons (Fsp3) is 0.429. The van der Waals surface area contributed by atoms with E-state index in [2.05, 4.69) is 65.8 Å². The van der Waals surface area contributed by atoms with E-state index in [9.17, 15) is 0 Å². The monoisotopic (exact) mass is 296 g/mol. The molecule has 0 unspecified atom stereocenters. The van der Waals surface area contributed by atoms with Gasteiger partial charge in [-0.3, -0.25) is 0 Å². The van der Waals surface area contributed by atoms with Crippen molar-refractivity contribution in [3.63, 3.8) is 0 Å². The Morgan fingerprint density at radius 1 is 1.00 bits per heavy atom. The Morgan fingerprint density at radius 2 is 1.64 bits per heavy atom. The summed E-state index contributed by atoms with van der Waals surface area (Å²) in [7, 11) is 0. The summed E-state index contributed by atoms with van der Waals surface area (Å²) < 4.78 is 6.09. The molecule has 0 fully saturated rings. The standard InChI is InChI=1S/C18H20O.C3H8/c1-5-13-12(4)15(11(2)3)10-16-14-8-6-7-9-17(14)19-18(13)16;1-3-2/h6-11H,5H2,1-4H3;3H2,1-2H3. The number of benzene rings is 2. The third-order valence-corrected chi connectivity index (χ3v) is 4.07. The molecule has 0 spiro atoms. The molecule has 1 heteroatoms. The molecule has 1 heterocycles. The Kier molecular flexibility index (Phi) is 5.28. The normalized spacial score (nSPS) is 11.0. The van der Waals surface area contributed by atoms with E-state index < -0.39 is 0 Å². The fourth-order valence-corrected chi connectivity index (χ4v) is 3.07. The van der Waals surface area contributed by atoms with E-state index >= 15 is 0 Å². The van der Waals surface area contributed by atoms with Crippen molar-refractivity contribution in [2.75, 3.05) is 0 Å². The molecule has 0 aliphatic rings. The first-order chi connectivity index (χ1) is 10.5. The molecule has 22 heavy (non-hydrogen) atoms. The van der Waals surface area contributed by atoms with E-state index in [-0.39, 0.29) is 0 Å². The van der Waals surface area contributed by atoms with Gasteiger partial charge in [0.05, 0.1) is 0 Å². The quantitative estimate of drug-likeness (QED) is 0.496. The Bertz CT molecular complexity index is 762. The van der Waals surface area contributed by atoms with Crippen LogP contribution in [0.1, 0.15) is 63.6 Å².